The van der Waals surface area contributed by atoms with Gasteiger partial charge in [0.15, 0.2) is 0 Å². The summed E-state index contributed by atoms with van der Waals surface area (Å²) in [6, 6.07) is 6.15. The van der Waals surface area contributed by atoms with Crippen LogP contribution >= 0.6 is 0 Å². The molecule has 0 aliphatic carbocycles. The number of nitro benzene ring substituents is 1. The molecular formula is C13H11N5O3. The van der Waals surface area contributed by atoms with Crippen LogP contribution in [0.5, 0.6) is 0 Å². The molecule has 3 aromatic rings. The number of nitrogen functional groups attached to an aromatic ring is 1. The van der Waals surface area contributed by atoms with Crippen molar-refractivity contribution in [3.63, 3.8) is 0 Å². The molecule has 0 saturated carbocycles. The molecule has 21 heavy (non-hydrogen) atoms. The van der Waals surface area contributed by atoms with Crippen molar-refractivity contribution < 1.29 is 4.92 Å². The van der Waals surface area contributed by atoms with Gasteiger partial charge in [0.05, 0.1) is 17.7 Å². The summed E-state index contributed by atoms with van der Waals surface area (Å²) in [5, 5.41) is 14.9. The van der Waals surface area contributed by atoms with Crippen LogP contribution in [-0.2, 0) is 6.54 Å². The van der Waals surface area contributed by atoms with Gasteiger partial charge in [-0.1, -0.05) is 12.1 Å². The first kappa shape index (κ1) is 12.9. The van der Waals surface area contributed by atoms with E-state index in [0.717, 1.165) is 0 Å². The minimum atomic E-state index is -0.540. The summed E-state index contributed by atoms with van der Waals surface area (Å²) in [6.45, 7) is 0.161. The number of rotatable bonds is 3. The topological polar surface area (TPSA) is 108 Å². The molecule has 8 nitrogen and oxygen atoms in total. The molecule has 106 valence electrons. The SMILES string of the molecule is Nc1c(Cn2ccn3nccc3c2=O)cccc1[N+](=O)[O-]. The molecule has 0 radical (unpaired) electrons. The van der Waals surface area contributed by atoms with Crippen LogP contribution in [0.3, 0.4) is 0 Å². The van der Waals surface area contributed by atoms with Gasteiger partial charge in [-0.15, -0.1) is 0 Å². The van der Waals surface area contributed by atoms with Crippen molar-refractivity contribution in [3.8, 4) is 0 Å². The molecule has 8 heteroatoms. The van der Waals surface area contributed by atoms with Crippen LogP contribution in [0, 0.1) is 10.1 Å². The average molecular weight is 285 g/mol. The maximum Gasteiger partial charge on any atom is 0.292 e. The van der Waals surface area contributed by atoms with Gasteiger partial charge in [-0.2, -0.15) is 5.10 Å². The number of para-hydroxylation sites is 1. The fraction of sp³-hybridized carbons (Fsp3) is 0.0769. The van der Waals surface area contributed by atoms with E-state index in [1.54, 1.807) is 30.6 Å². The number of benzene rings is 1. The van der Waals surface area contributed by atoms with E-state index >= 15 is 0 Å². The average Bonchev–Trinajstić information content (AvgIpc) is 2.93. The van der Waals surface area contributed by atoms with Gasteiger partial charge in [-0.05, 0) is 6.07 Å². The standard InChI is InChI=1S/C13H11N5O3/c14-12-9(2-1-3-10(12)18(20)21)8-16-6-7-17-11(13(16)19)4-5-15-17/h1-7H,8,14H2. The number of fused-ring (bicyclic) bond motifs is 1. The number of hydrogen-bond acceptors (Lipinski definition) is 5. The zero-order valence-corrected chi connectivity index (χ0v) is 10.8. The van der Waals surface area contributed by atoms with E-state index in [0.29, 0.717) is 11.1 Å². The lowest BCUT2D eigenvalue weighted by molar-refractivity contribution is -0.383. The summed E-state index contributed by atoms with van der Waals surface area (Å²) < 4.78 is 2.90. The predicted octanol–water partition coefficient (Wildman–Crippen LogP) is 1.03. The molecule has 0 spiro atoms. The summed E-state index contributed by atoms with van der Waals surface area (Å²) in [6.07, 6.45) is 4.74. The number of nitrogens with zero attached hydrogens (tertiary/aromatic N) is 4. The minimum absolute atomic E-state index is 0.0720. The molecule has 0 aliphatic heterocycles. The summed E-state index contributed by atoms with van der Waals surface area (Å²) in [5.41, 5.74) is 6.43. The Morgan fingerprint density at radius 3 is 2.86 bits per heavy atom. The highest BCUT2D eigenvalue weighted by atomic mass is 16.6. The van der Waals surface area contributed by atoms with E-state index in [-0.39, 0.29) is 23.5 Å². The molecular weight excluding hydrogens is 274 g/mol. The number of nitro groups is 1. The molecule has 1 aromatic carbocycles. The summed E-state index contributed by atoms with van der Waals surface area (Å²) in [5.74, 6) is 0. The van der Waals surface area contributed by atoms with E-state index < -0.39 is 4.92 Å². The van der Waals surface area contributed by atoms with E-state index in [9.17, 15) is 14.9 Å². The molecule has 0 atom stereocenters. The third kappa shape index (κ3) is 2.12. The normalized spacial score (nSPS) is 10.9. The van der Waals surface area contributed by atoms with Crippen molar-refractivity contribution in [2.75, 3.05) is 5.73 Å². The van der Waals surface area contributed by atoms with Crippen molar-refractivity contribution in [2.24, 2.45) is 0 Å². The van der Waals surface area contributed by atoms with E-state index in [2.05, 4.69) is 5.10 Å². The summed E-state index contributed by atoms with van der Waals surface area (Å²) in [4.78, 5) is 22.6. The second-order valence-corrected chi connectivity index (χ2v) is 4.50. The number of hydrogen-bond donors (Lipinski definition) is 1. The molecule has 2 heterocycles. The Bertz CT molecular complexity index is 896. The summed E-state index contributed by atoms with van der Waals surface area (Å²) in [7, 11) is 0. The summed E-state index contributed by atoms with van der Waals surface area (Å²) >= 11 is 0. The highest BCUT2D eigenvalue weighted by molar-refractivity contribution is 5.63. The van der Waals surface area contributed by atoms with Crippen LogP contribution in [0.25, 0.3) is 5.52 Å². The van der Waals surface area contributed by atoms with Crippen molar-refractivity contribution in [1.82, 2.24) is 14.2 Å². The van der Waals surface area contributed by atoms with Gasteiger partial charge in [0.25, 0.3) is 11.2 Å². The van der Waals surface area contributed by atoms with Crippen LogP contribution in [0.15, 0.2) is 47.7 Å². The lowest BCUT2D eigenvalue weighted by Gasteiger charge is -2.09. The highest BCUT2D eigenvalue weighted by Crippen LogP contribution is 2.25. The van der Waals surface area contributed by atoms with Gasteiger partial charge in [0, 0.05) is 24.0 Å². The molecule has 0 aliphatic rings. The Hall–Kier alpha value is -3.16. The molecule has 0 fully saturated rings. The second kappa shape index (κ2) is 4.75. The first-order valence-electron chi connectivity index (χ1n) is 6.12. The smallest absolute Gasteiger partial charge is 0.292 e. The van der Waals surface area contributed by atoms with Crippen LogP contribution in [0.1, 0.15) is 5.56 Å². The Morgan fingerprint density at radius 1 is 1.29 bits per heavy atom. The van der Waals surface area contributed by atoms with Crippen LogP contribution in [0.2, 0.25) is 0 Å². The van der Waals surface area contributed by atoms with Crippen LogP contribution in [-0.4, -0.2) is 19.1 Å². The lowest BCUT2D eigenvalue weighted by atomic mass is 10.1. The molecule has 3 rings (SSSR count). The van der Waals surface area contributed by atoms with Crippen molar-refractivity contribution in [2.45, 2.75) is 6.54 Å². The third-order valence-corrected chi connectivity index (χ3v) is 3.25. The van der Waals surface area contributed by atoms with Gasteiger partial charge in [-0.3, -0.25) is 14.9 Å². The van der Waals surface area contributed by atoms with Crippen LogP contribution in [0.4, 0.5) is 11.4 Å². The van der Waals surface area contributed by atoms with Gasteiger partial charge in [-0.25, -0.2) is 4.52 Å². The van der Waals surface area contributed by atoms with E-state index in [1.807, 2.05) is 0 Å². The van der Waals surface area contributed by atoms with Gasteiger partial charge >= 0.3 is 0 Å². The van der Waals surface area contributed by atoms with Crippen molar-refractivity contribution >= 4 is 16.9 Å². The maximum absolute atomic E-state index is 12.3. The minimum Gasteiger partial charge on any atom is -0.393 e. The Balaban J connectivity index is 2.07. The zero-order valence-electron chi connectivity index (χ0n) is 10.8. The van der Waals surface area contributed by atoms with Crippen molar-refractivity contribution in [3.05, 3.63) is 68.9 Å². The van der Waals surface area contributed by atoms with Crippen LogP contribution < -0.4 is 11.3 Å². The fourth-order valence-electron chi connectivity index (χ4n) is 2.17. The quantitative estimate of drug-likeness (QED) is 0.439. The Morgan fingerprint density at radius 2 is 2.10 bits per heavy atom. The number of anilines is 1. The predicted molar refractivity (Wildman–Crippen MR) is 76.1 cm³/mol. The lowest BCUT2D eigenvalue weighted by Crippen LogP contribution is -2.22. The second-order valence-electron chi connectivity index (χ2n) is 4.50. The Labute approximate surface area is 118 Å². The molecule has 2 N–H and O–H groups in total. The first-order chi connectivity index (χ1) is 10.1. The monoisotopic (exact) mass is 285 g/mol. The number of aromatic nitrogens is 3. The molecule has 2 aromatic heterocycles. The molecule has 0 unspecified atom stereocenters. The third-order valence-electron chi connectivity index (χ3n) is 3.25. The van der Waals surface area contributed by atoms with E-state index in [1.165, 1.54) is 21.3 Å². The Kier molecular flexibility index (Phi) is 2.90. The van der Waals surface area contributed by atoms with Crippen molar-refractivity contribution in [1.29, 1.82) is 0 Å². The van der Waals surface area contributed by atoms with Gasteiger partial charge in [0.1, 0.15) is 11.2 Å². The van der Waals surface area contributed by atoms with Gasteiger partial charge < -0.3 is 10.3 Å². The highest BCUT2D eigenvalue weighted by Gasteiger charge is 2.15. The molecule has 0 amide bonds. The largest absolute Gasteiger partial charge is 0.393 e. The van der Waals surface area contributed by atoms with Gasteiger partial charge in [0.2, 0.25) is 0 Å². The maximum atomic E-state index is 12.3. The fourth-order valence-corrected chi connectivity index (χ4v) is 2.17. The van der Waals surface area contributed by atoms with E-state index in [4.69, 9.17) is 5.73 Å². The molecule has 0 bridgehead atoms. The number of nitrogens with two attached hydrogens (primary N) is 1. The first-order valence-corrected chi connectivity index (χ1v) is 6.12. The molecule has 0 saturated heterocycles. The zero-order chi connectivity index (χ0) is 15.0.